The molecule has 0 spiro atoms. The van der Waals surface area contributed by atoms with Gasteiger partial charge in [-0.05, 0) is 56.9 Å². The minimum atomic E-state index is -3.48. The van der Waals surface area contributed by atoms with E-state index in [4.69, 9.17) is 0 Å². The molecule has 1 amide bonds. The number of sulfonamides is 1. The van der Waals surface area contributed by atoms with E-state index in [-0.39, 0.29) is 22.9 Å². The first-order chi connectivity index (χ1) is 12.5. The van der Waals surface area contributed by atoms with E-state index in [2.05, 4.69) is 5.32 Å². The Bertz CT molecular complexity index is 707. The molecular weight excluding hydrogens is 348 g/mol. The number of nitrogens with zero attached hydrogens (tertiary/aromatic N) is 1. The Morgan fingerprint density at radius 2 is 1.58 bits per heavy atom. The summed E-state index contributed by atoms with van der Waals surface area (Å²) >= 11 is 0. The fraction of sp³-hybridized carbons (Fsp3) is 0.650. The van der Waals surface area contributed by atoms with Crippen LogP contribution in [0.15, 0.2) is 29.2 Å². The van der Waals surface area contributed by atoms with Gasteiger partial charge in [0, 0.05) is 24.2 Å². The first kappa shape index (κ1) is 19.4. The van der Waals surface area contributed by atoms with E-state index in [1.807, 2.05) is 6.92 Å². The lowest BCUT2D eigenvalue weighted by molar-refractivity contribution is 0.0933. The molecule has 1 aliphatic heterocycles. The van der Waals surface area contributed by atoms with Crippen LogP contribution in [0.4, 0.5) is 0 Å². The Morgan fingerprint density at radius 3 is 2.19 bits per heavy atom. The third-order valence-corrected chi connectivity index (χ3v) is 7.68. The molecule has 1 saturated heterocycles. The molecule has 5 nitrogen and oxygen atoms in total. The van der Waals surface area contributed by atoms with Crippen LogP contribution in [-0.4, -0.2) is 37.3 Å². The van der Waals surface area contributed by atoms with Crippen molar-refractivity contribution in [2.45, 2.75) is 81.7 Å². The number of hydrogen-bond donors (Lipinski definition) is 1. The second-order valence-electron chi connectivity index (χ2n) is 7.65. The van der Waals surface area contributed by atoms with Gasteiger partial charge in [-0.2, -0.15) is 4.31 Å². The fourth-order valence-electron chi connectivity index (χ4n) is 4.03. The molecule has 6 heteroatoms. The predicted molar refractivity (Wildman–Crippen MR) is 103 cm³/mol. The van der Waals surface area contributed by atoms with Gasteiger partial charge in [-0.1, -0.05) is 32.1 Å². The zero-order valence-electron chi connectivity index (χ0n) is 15.6. The molecule has 1 saturated carbocycles. The fourth-order valence-corrected chi connectivity index (χ4v) is 5.73. The van der Waals surface area contributed by atoms with Crippen molar-refractivity contribution in [3.05, 3.63) is 29.8 Å². The molecular formula is C20H30N2O3S. The number of nitrogens with one attached hydrogen (secondary N) is 1. The molecule has 3 rings (SSSR count). The van der Waals surface area contributed by atoms with Crippen molar-refractivity contribution < 1.29 is 13.2 Å². The highest BCUT2D eigenvalue weighted by atomic mass is 32.2. The van der Waals surface area contributed by atoms with E-state index < -0.39 is 10.0 Å². The molecule has 2 aliphatic rings. The average molecular weight is 379 g/mol. The first-order valence-corrected chi connectivity index (χ1v) is 11.4. The molecule has 1 N–H and O–H groups in total. The normalized spacial score (nSPS) is 23.3. The zero-order chi connectivity index (χ0) is 18.6. The highest BCUT2D eigenvalue weighted by Crippen LogP contribution is 2.25. The smallest absolute Gasteiger partial charge is 0.251 e. The Kier molecular flexibility index (Phi) is 6.35. The van der Waals surface area contributed by atoms with Gasteiger partial charge >= 0.3 is 0 Å². The van der Waals surface area contributed by atoms with Crippen LogP contribution in [-0.2, 0) is 10.0 Å². The molecule has 0 aromatic heterocycles. The number of piperidine rings is 1. The lowest BCUT2D eigenvalue weighted by Crippen LogP contribution is -2.41. The summed E-state index contributed by atoms with van der Waals surface area (Å²) in [5.74, 6) is -0.104. The Balaban J connectivity index is 1.68. The van der Waals surface area contributed by atoms with E-state index in [1.54, 1.807) is 28.6 Å². The highest BCUT2D eigenvalue weighted by molar-refractivity contribution is 7.89. The van der Waals surface area contributed by atoms with Gasteiger partial charge in [0.2, 0.25) is 10.0 Å². The van der Waals surface area contributed by atoms with Crippen LogP contribution in [0, 0.1) is 0 Å². The molecule has 2 fully saturated rings. The minimum Gasteiger partial charge on any atom is -0.349 e. The lowest BCUT2D eigenvalue weighted by Gasteiger charge is -2.32. The number of rotatable bonds is 4. The van der Waals surface area contributed by atoms with Crippen molar-refractivity contribution in [2.24, 2.45) is 0 Å². The third kappa shape index (κ3) is 4.46. The summed E-state index contributed by atoms with van der Waals surface area (Å²) in [4.78, 5) is 12.7. The highest BCUT2D eigenvalue weighted by Gasteiger charge is 2.31. The number of hydrogen-bond acceptors (Lipinski definition) is 3. The maximum atomic E-state index is 12.9. The van der Waals surface area contributed by atoms with Crippen LogP contribution in [0.5, 0.6) is 0 Å². The van der Waals surface area contributed by atoms with Crippen LogP contribution in [0.3, 0.4) is 0 Å². The third-order valence-electron chi connectivity index (χ3n) is 5.66. The maximum absolute atomic E-state index is 12.9. The van der Waals surface area contributed by atoms with Crippen molar-refractivity contribution in [1.29, 1.82) is 0 Å². The molecule has 1 atom stereocenters. The molecule has 1 heterocycles. The van der Waals surface area contributed by atoms with Crippen molar-refractivity contribution in [2.75, 3.05) is 6.54 Å². The summed E-state index contributed by atoms with van der Waals surface area (Å²) in [7, 11) is -3.48. The van der Waals surface area contributed by atoms with Crippen LogP contribution < -0.4 is 5.32 Å². The van der Waals surface area contributed by atoms with E-state index in [1.165, 1.54) is 12.8 Å². The van der Waals surface area contributed by atoms with Gasteiger partial charge in [0.1, 0.15) is 0 Å². The topological polar surface area (TPSA) is 66.5 Å². The molecule has 0 bridgehead atoms. The first-order valence-electron chi connectivity index (χ1n) is 9.91. The average Bonchev–Trinajstić information content (AvgIpc) is 2.90. The van der Waals surface area contributed by atoms with Gasteiger partial charge in [0.25, 0.3) is 5.91 Å². The number of benzene rings is 1. The van der Waals surface area contributed by atoms with E-state index >= 15 is 0 Å². The lowest BCUT2D eigenvalue weighted by atomic mass is 10.1. The second kappa shape index (κ2) is 8.53. The summed E-state index contributed by atoms with van der Waals surface area (Å²) in [6, 6.07) is 6.67. The summed E-state index contributed by atoms with van der Waals surface area (Å²) in [6.45, 7) is 2.54. The van der Waals surface area contributed by atoms with Crippen molar-refractivity contribution >= 4 is 15.9 Å². The molecule has 26 heavy (non-hydrogen) atoms. The van der Waals surface area contributed by atoms with Gasteiger partial charge < -0.3 is 5.32 Å². The van der Waals surface area contributed by atoms with Gasteiger partial charge in [0.15, 0.2) is 0 Å². The van der Waals surface area contributed by atoms with Crippen LogP contribution in [0.25, 0.3) is 0 Å². The molecule has 1 aliphatic carbocycles. The quantitative estimate of drug-likeness (QED) is 0.813. The molecule has 1 aromatic carbocycles. The van der Waals surface area contributed by atoms with E-state index in [0.29, 0.717) is 12.1 Å². The van der Waals surface area contributed by atoms with Crippen LogP contribution in [0.2, 0.25) is 0 Å². The van der Waals surface area contributed by atoms with Gasteiger partial charge in [-0.15, -0.1) is 0 Å². The number of amides is 1. The second-order valence-corrected chi connectivity index (χ2v) is 9.54. The van der Waals surface area contributed by atoms with Crippen LogP contribution in [0.1, 0.15) is 75.1 Å². The molecule has 144 valence electrons. The number of carbonyl (C=O) groups is 1. The summed E-state index contributed by atoms with van der Waals surface area (Å²) in [6.07, 6.45) is 9.77. The Morgan fingerprint density at radius 1 is 0.962 bits per heavy atom. The van der Waals surface area contributed by atoms with E-state index in [0.717, 1.165) is 44.9 Å². The van der Waals surface area contributed by atoms with Crippen LogP contribution >= 0.6 is 0 Å². The Hall–Kier alpha value is -1.40. The van der Waals surface area contributed by atoms with Crippen molar-refractivity contribution in [1.82, 2.24) is 9.62 Å². The standard InChI is InChI=1S/C20H30N2O3S/c1-16-8-6-7-15-22(16)26(24,25)19-13-11-17(12-14-19)20(23)21-18-9-4-2-3-5-10-18/h11-14,16,18H,2-10,15H2,1H3,(H,21,23). The molecule has 0 radical (unpaired) electrons. The SMILES string of the molecule is CC1CCCCN1S(=O)(=O)c1ccc(C(=O)NC2CCCCCC2)cc1. The van der Waals surface area contributed by atoms with Gasteiger partial charge in [0.05, 0.1) is 4.90 Å². The summed E-state index contributed by atoms with van der Waals surface area (Å²) in [5.41, 5.74) is 0.528. The Labute approximate surface area is 157 Å². The number of carbonyl (C=O) groups excluding carboxylic acids is 1. The van der Waals surface area contributed by atoms with Crippen molar-refractivity contribution in [3.8, 4) is 0 Å². The van der Waals surface area contributed by atoms with Crippen molar-refractivity contribution in [3.63, 3.8) is 0 Å². The predicted octanol–water partition coefficient (Wildman–Crippen LogP) is 3.70. The zero-order valence-corrected chi connectivity index (χ0v) is 16.4. The summed E-state index contributed by atoms with van der Waals surface area (Å²) in [5, 5.41) is 3.10. The summed E-state index contributed by atoms with van der Waals surface area (Å²) < 4.78 is 27.3. The minimum absolute atomic E-state index is 0.0342. The largest absolute Gasteiger partial charge is 0.349 e. The van der Waals surface area contributed by atoms with Gasteiger partial charge in [-0.25, -0.2) is 8.42 Å². The monoisotopic (exact) mass is 378 g/mol. The maximum Gasteiger partial charge on any atom is 0.251 e. The van der Waals surface area contributed by atoms with E-state index in [9.17, 15) is 13.2 Å². The molecule has 1 unspecified atom stereocenters. The van der Waals surface area contributed by atoms with Gasteiger partial charge in [-0.3, -0.25) is 4.79 Å². The molecule has 1 aromatic rings.